The summed E-state index contributed by atoms with van der Waals surface area (Å²) in [5, 5.41) is 3.32. The molecule has 2 saturated heterocycles. The number of halogens is 1. The maximum absolute atomic E-state index is 13.2. The lowest BCUT2D eigenvalue weighted by atomic mass is 10.2. The fourth-order valence-corrected chi connectivity index (χ4v) is 6.96. The molecule has 2 aromatic rings. The number of hydrogen-bond donors (Lipinski definition) is 1. The Hall–Kier alpha value is -1.90. The van der Waals surface area contributed by atoms with Crippen molar-refractivity contribution in [3.05, 3.63) is 53.6 Å². The van der Waals surface area contributed by atoms with E-state index in [-0.39, 0.29) is 12.0 Å². The van der Waals surface area contributed by atoms with E-state index in [9.17, 15) is 13.2 Å². The predicted molar refractivity (Wildman–Crippen MR) is 115 cm³/mol. The van der Waals surface area contributed by atoms with E-state index < -0.39 is 20.7 Å². The molecule has 2 aliphatic heterocycles. The lowest BCUT2D eigenvalue weighted by Gasteiger charge is -2.26. The number of hydrogen-bond acceptors (Lipinski definition) is 5. The molecule has 2 atom stereocenters. The Morgan fingerprint density at radius 1 is 1.14 bits per heavy atom. The summed E-state index contributed by atoms with van der Waals surface area (Å²) < 4.78 is 32.1. The number of thioether (sulfide) groups is 1. The van der Waals surface area contributed by atoms with Gasteiger partial charge in [0.05, 0.1) is 5.69 Å². The van der Waals surface area contributed by atoms with Crippen LogP contribution >= 0.6 is 23.4 Å². The summed E-state index contributed by atoms with van der Waals surface area (Å²) in [5.74, 6) is 2.05. The second-order valence-electron chi connectivity index (χ2n) is 7.56. The number of amides is 1. The molecule has 9 heteroatoms. The van der Waals surface area contributed by atoms with E-state index in [0.717, 1.165) is 17.3 Å². The highest BCUT2D eigenvalue weighted by Crippen LogP contribution is 2.58. The van der Waals surface area contributed by atoms with Crippen LogP contribution in [0.15, 0.2) is 48.5 Å². The minimum absolute atomic E-state index is 0.207. The Labute approximate surface area is 178 Å². The molecule has 3 fully saturated rings. The van der Waals surface area contributed by atoms with Crippen molar-refractivity contribution in [1.29, 1.82) is 0 Å². The highest BCUT2D eigenvalue weighted by Gasteiger charge is 2.75. The number of anilines is 2. The zero-order valence-corrected chi connectivity index (χ0v) is 17.8. The number of carbonyl (C=O) groups is 1. The van der Waals surface area contributed by atoms with Gasteiger partial charge in [0.1, 0.15) is 11.9 Å². The molecule has 29 heavy (non-hydrogen) atoms. The van der Waals surface area contributed by atoms with Crippen molar-refractivity contribution < 1.29 is 17.9 Å². The van der Waals surface area contributed by atoms with Crippen molar-refractivity contribution in [2.24, 2.45) is 5.92 Å². The van der Waals surface area contributed by atoms with Crippen LogP contribution in [0.25, 0.3) is 0 Å². The van der Waals surface area contributed by atoms with Gasteiger partial charge in [0.2, 0.25) is 15.9 Å². The molecule has 2 heterocycles. The van der Waals surface area contributed by atoms with Crippen LogP contribution in [0.4, 0.5) is 11.4 Å². The second-order valence-corrected chi connectivity index (χ2v) is 11.2. The standard InChI is InChI=1S/C20H19ClN2O4S2/c21-14-1-5-16(6-2-14)23-10-13-9-20(13,29(23,25)26)19(24)22-15-3-7-17(8-4-15)27-18-11-28-12-18/h1-8,13,18H,9-12H2,(H,22,24)/t13-,20-/m0/s1. The maximum atomic E-state index is 13.2. The summed E-state index contributed by atoms with van der Waals surface area (Å²) >= 11 is 7.75. The van der Waals surface area contributed by atoms with E-state index in [2.05, 4.69) is 5.32 Å². The summed E-state index contributed by atoms with van der Waals surface area (Å²) in [4.78, 5) is 13.0. The minimum Gasteiger partial charge on any atom is -0.489 e. The number of nitrogens with one attached hydrogen (secondary N) is 1. The van der Waals surface area contributed by atoms with Crippen molar-refractivity contribution in [2.45, 2.75) is 17.3 Å². The number of sulfonamides is 1. The number of ether oxygens (including phenoxy) is 1. The third kappa shape index (κ3) is 3.08. The highest BCUT2D eigenvalue weighted by atomic mass is 35.5. The van der Waals surface area contributed by atoms with E-state index in [1.807, 2.05) is 11.8 Å². The van der Waals surface area contributed by atoms with Crippen LogP contribution < -0.4 is 14.4 Å². The topological polar surface area (TPSA) is 75.7 Å². The van der Waals surface area contributed by atoms with Gasteiger partial charge in [-0.3, -0.25) is 9.10 Å². The van der Waals surface area contributed by atoms with Crippen molar-refractivity contribution in [3.8, 4) is 5.75 Å². The number of carbonyl (C=O) groups excluding carboxylic acids is 1. The van der Waals surface area contributed by atoms with Crippen LogP contribution in [-0.4, -0.2) is 43.2 Å². The Kier molecular flexibility index (Phi) is 4.49. The molecule has 5 rings (SSSR count). The molecular weight excluding hydrogens is 432 g/mol. The Bertz CT molecular complexity index is 1050. The molecule has 1 amide bonds. The van der Waals surface area contributed by atoms with Crippen LogP contribution in [-0.2, 0) is 14.8 Å². The lowest BCUT2D eigenvalue weighted by Crippen LogP contribution is -2.42. The van der Waals surface area contributed by atoms with Crippen molar-refractivity contribution in [3.63, 3.8) is 0 Å². The fourth-order valence-electron chi connectivity index (χ4n) is 3.91. The normalized spacial score (nSPS) is 27.1. The van der Waals surface area contributed by atoms with E-state index >= 15 is 0 Å². The van der Waals surface area contributed by atoms with E-state index in [4.69, 9.17) is 16.3 Å². The fraction of sp³-hybridized carbons (Fsp3) is 0.350. The van der Waals surface area contributed by atoms with Crippen molar-refractivity contribution >= 4 is 50.7 Å². The molecule has 3 aliphatic rings. The molecule has 152 valence electrons. The number of rotatable bonds is 5. The van der Waals surface area contributed by atoms with Crippen LogP contribution in [0.2, 0.25) is 5.02 Å². The zero-order valence-electron chi connectivity index (χ0n) is 15.4. The average Bonchev–Trinajstić information content (AvgIpc) is 3.36. The van der Waals surface area contributed by atoms with Gasteiger partial charge >= 0.3 is 0 Å². The molecule has 1 aliphatic carbocycles. The van der Waals surface area contributed by atoms with Gasteiger partial charge in [-0.05, 0) is 55.0 Å². The molecule has 0 spiro atoms. The first-order chi connectivity index (χ1) is 13.9. The van der Waals surface area contributed by atoms with Crippen LogP contribution in [0.3, 0.4) is 0 Å². The molecule has 0 radical (unpaired) electrons. The predicted octanol–water partition coefficient (Wildman–Crippen LogP) is 3.38. The molecule has 0 bridgehead atoms. The summed E-state index contributed by atoms with van der Waals surface area (Å²) in [5.41, 5.74) is 1.09. The van der Waals surface area contributed by atoms with Crippen LogP contribution in [0.5, 0.6) is 5.75 Å². The second kappa shape index (κ2) is 6.82. The number of benzene rings is 2. The minimum atomic E-state index is -3.81. The average molecular weight is 451 g/mol. The first-order valence-corrected chi connectivity index (χ1v) is 12.3. The quantitative estimate of drug-likeness (QED) is 0.755. The molecule has 0 unspecified atom stereocenters. The van der Waals surface area contributed by atoms with Crippen molar-refractivity contribution in [1.82, 2.24) is 0 Å². The van der Waals surface area contributed by atoms with Gasteiger partial charge in [-0.2, -0.15) is 11.8 Å². The Morgan fingerprint density at radius 3 is 2.45 bits per heavy atom. The first kappa shape index (κ1) is 19.1. The largest absolute Gasteiger partial charge is 0.489 e. The number of nitrogens with zero attached hydrogens (tertiary/aromatic N) is 1. The smallest absolute Gasteiger partial charge is 0.250 e. The molecule has 0 aromatic heterocycles. The van der Waals surface area contributed by atoms with E-state index in [1.54, 1.807) is 48.5 Å². The summed E-state index contributed by atoms with van der Waals surface area (Å²) in [6, 6.07) is 13.7. The molecule has 1 N–H and O–H groups in total. The van der Waals surface area contributed by atoms with Gasteiger partial charge in [-0.1, -0.05) is 11.6 Å². The summed E-state index contributed by atoms with van der Waals surface area (Å²) in [6.07, 6.45) is 0.597. The molecule has 6 nitrogen and oxygen atoms in total. The van der Waals surface area contributed by atoms with Gasteiger partial charge in [-0.15, -0.1) is 0 Å². The maximum Gasteiger partial charge on any atom is 0.250 e. The molecular formula is C20H19ClN2O4S2. The Morgan fingerprint density at radius 2 is 1.83 bits per heavy atom. The van der Waals surface area contributed by atoms with Gasteiger partial charge < -0.3 is 10.1 Å². The zero-order chi connectivity index (χ0) is 20.2. The monoisotopic (exact) mass is 450 g/mol. The summed E-state index contributed by atoms with van der Waals surface area (Å²) in [6.45, 7) is 0.309. The lowest BCUT2D eigenvalue weighted by molar-refractivity contribution is -0.116. The first-order valence-electron chi connectivity index (χ1n) is 9.34. The van der Waals surface area contributed by atoms with Crippen LogP contribution in [0, 0.1) is 5.92 Å². The Balaban J connectivity index is 1.31. The van der Waals surface area contributed by atoms with Crippen LogP contribution in [0.1, 0.15) is 6.42 Å². The van der Waals surface area contributed by atoms with Gasteiger partial charge in [0.25, 0.3) is 0 Å². The van der Waals surface area contributed by atoms with Gasteiger partial charge in [0.15, 0.2) is 4.75 Å². The number of fused-ring (bicyclic) bond motifs is 1. The molecule has 1 saturated carbocycles. The van der Waals surface area contributed by atoms with E-state index in [0.29, 0.717) is 29.4 Å². The summed E-state index contributed by atoms with van der Waals surface area (Å²) in [7, 11) is -3.81. The third-order valence-electron chi connectivity index (χ3n) is 5.71. The van der Waals surface area contributed by atoms with E-state index in [1.165, 1.54) is 4.31 Å². The molecule has 2 aromatic carbocycles. The van der Waals surface area contributed by atoms with Crippen molar-refractivity contribution in [2.75, 3.05) is 27.7 Å². The van der Waals surface area contributed by atoms with Gasteiger partial charge in [0, 0.05) is 34.7 Å². The van der Waals surface area contributed by atoms with Gasteiger partial charge in [-0.25, -0.2) is 8.42 Å². The highest BCUT2D eigenvalue weighted by molar-refractivity contribution is 8.00. The SMILES string of the molecule is O=C(Nc1ccc(OC2CSC2)cc1)[C@]12C[C@H]1CN(c1ccc(Cl)cc1)S2(=O)=O. The third-order valence-corrected chi connectivity index (χ3v) is 9.72.